The van der Waals surface area contributed by atoms with Crippen molar-refractivity contribution in [2.75, 3.05) is 24.5 Å². The molecule has 0 aromatic heterocycles. The number of carbonyl (C=O) groups excluding carboxylic acids is 1. The number of hydrogen-bond acceptors (Lipinski definition) is 4. The van der Waals surface area contributed by atoms with E-state index in [1.165, 1.54) is 0 Å². The molecule has 0 unspecified atom stereocenters. The molecule has 20 heavy (non-hydrogen) atoms. The number of benzene rings is 1. The van der Waals surface area contributed by atoms with E-state index >= 15 is 0 Å². The monoisotopic (exact) mass is 275 g/mol. The van der Waals surface area contributed by atoms with Crippen LogP contribution in [0.1, 0.15) is 38.0 Å². The number of rotatable bonds is 6. The van der Waals surface area contributed by atoms with Crippen molar-refractivity contribution in [2.24, 2.45) is 0 Å². The van der Waals surface area contributed by atoms with Gasteiger partial charge in [-0.1, -0.05) is 6.07 Å². The number of aliphatic hydroxyl groups excluding tert-OH is 1. The summed E-state index contributed by atoms with van der Waals surface area (Å²) in [7, 11) is 0. The molecule has 0 aliphatic rings. The van der Waals surface area contributed by atoms with Crippen LogP contribution in [0.2, 0.25) is 0 Å². The highest BCUT2D eigenvalue weighted by atomic mass is 16.3. The van der Waals surface area contributed by atoms with E-state index < -0.39 is 6.10 Å². The van der Waals surface area contributed by atoms with Gasteiger partial charge in [-0.25, -0.2) is 0 Å². The maximum atomic E-state index is 11.7. The summed E-state index contributed by atoms with van der Waals surface area (Å²) in [5.74, 6) is -0.0757. The van der Waals surface area contributed by atoms with E-state index in [1.54, 1.807) is 25.1 Å². The van der Waals surface area contributed by atoms with Gasteiger partial charge in [-0.05, 0) is 32.9 Å². The molecule has 0 fully saturated rings. The smallest absolute Gasteiger partial charge is 0.239 e. The van der Waals surface area contributed by atoms with E-state index in [-0.39, 0.29) is 12.5 Å². The van der Waals surface area contributed by atoms with Gasteiger partial charge in [0.1, 0.15) is 0 Å². The van der Waals surface area contributed by atoms with E-state index in [4.69, 9.17) is 5.26 Å². The van der Waals surface area contributed by atoms with Gasteiger partial charge < -0.3 is 15.3 Å². The Kier molecular flexibility index (Phi) is 6.01. The molecule has 5 heteroatoms. The Labute approximate surface area is 119 Å². The van der Waals surface area contributed by atoms with Crippen LogP contribution in [0, 0.1) is 11.3 Å². The van der Waals surface area contributed by atoms with Gasteiger partial charge >= 0.3 is 0 Å². The van der Waals surface area contributed by atoms with Crippen LogP contribution in [-0.2, 0) is 4.79 Å². The molecule has 0 saturated heterocycles. The van der Waals surface area contributed by atoms with Crippen molar-refractivity contribution < 1.29 is 9.90 Å². The molecule has 0 radical (unpaired) electrons. The van der Waals surface area contributed by atoms with Gasteiger partial charge in [0.05, 0.1) is 24.3 Å². The van der Waals surface area contributed by atoms with Gasteiger partial charge in [-0.15, -0.1) is 0 Å². The fraction of sp³-hybridized carbons (Fsp3) is 0.467. The van der Waals surface area contributed by atoms with Crippen molar-refractivity contribution in [3.05, 3.63) is 29.3 Å². The Morgan fingerprint density at radius 3 is 2.70 bits per heavy atom. The van der Waals surface area contributed by atoms with Crippen molar-refractivity contribution >= 4 is 11.6 Å². The topological polar surface area (TPSA) is 76.4 Å². The van der Waals surface area contributed by atoms with Crippen LogP contribution in [0.25, 0.3) is 0 Å². The highest BCUT2D eigenvalue weighted by Gasteiger charge is 2.16. The zero-order valence-corrected chi connectivity index (χ0v) is 12.2. The molecular formula is C15H21N3O2. The standard InChI is InChI=1S/C15H21N3O2/c1-4-17-15(20)10-18(5-2)14-8-12(9-16)6-7-13(14)11(3)19/h6-8,11,19H,4-5,10H2,1-3H3,(H,17,20)/t11-/m1/s1. The molecule has 1 aromatic rings. The first kappa shape index (κ1) is 16.0. The number of likely N-dealkylation sites (N-methyl/N-ethyl adjacent to an activating group) is 2. The second kappa shape index (κ2) is 7.51. The molecule has 0 aliphatic carbocycles. The first-order valence-corrected chi connectivity index (χ1v) is 6.77. The number of amides is 1. The molecule has 1 rings (SSSR count). The molecule has 1 atom stereocenters. The number of nitrogens with zero attached hydrogens (tertiary/aromatic N) is 2. The Bertz CT molecular complexity index is 506. The summed E-state index contributed by atoms with van der Waals surface area (Å²) in [6.45, 7) is 6.88. The molecule has 0 heterocycles. The van der Waals surface area contributed by atoms with Gasteiger partial charge in [0.2, 0.25) is 5.91 Å². The fourth-order valence-electron chi connectivity index (χ4n) is 2.03. The predicted octanol–water partition coefficient (Wildman–Crippen LogP) is 1.57. The third-order valence-corrected chi connectivity index (χ3v) is 3.04. The first-order valence-electron chi connectivity index (χ1n) is 6.77. The van der Waals surface area contributed by atoms with Crippen LogP contribution in [0.15, 0.2) is 18.2 Å². The van der Waals surface area contributed by atoms with Crippen LogP contribution >= 0.6 is 0 Å². The average Bonchev–Trinajstić information content (AvgIpc) is 2.44. The second-order valence-electron chi connectivity index (χ2n) is 4.53. The molecule has 0 aliphatic heterocycles. The van der Waals surface area contributed by atoms with Gasteiger partial charge in [0.15, 0.2) is 0 Å². The summed E-state index contributed by atoms with van der Waals surface area (Å²) < 4.78 is 0. The molecule has 0 saturated carbocycles. The quantitative estimate of drug-likeness (QED) is 0.826. The lowest BCUT2D eigenvalue weighted by atomic mass is 10.0. The SMILES string of the molecule is CCNC(=O)CN(CC)c1cc(C#N)ccc1[C@@H](C)O. The van der Waals surface area contributed by atoms with Crippen LogP contribution in [0.4, 0.5) is 5.69 Å². The van der Waals surface area contributed by atoms with Crippen molar-refractivity contribution in [3.63, 3.8) is 0 Å². The average molecular weight is 275 g/mol. The largest absolute Gasteiger partial charge is 0.389 e. The highest BCUT2D eigenvalue weighted by molar-refractivity contribution is 5.81. The minimum absolute atomic E-state index is 0.0757. The summed E-state index contributed by atoms with van der Waals surface area (Å²) in [6.07, 6.45) is -0.652. The molecule has 0 bridgehead atoms. The van der Waals surface area contributed by atoms with Crippen molar-refractivity contribution in [2.45, 2.75) is 26.9 Å². The Hall–Kier alpha value is -2.06. The summed E-state index contributed by atoms with van der Waals surface area (Å²) in [4.78, 5) is 13.6. The molecule has 5 nitrogen and oxygen atoms in total. The molecule has 108 valence electrons. The maximum Gasteiger partial charge on any atom is 0.239 e. The zero-order valence-electron chi connectivity index (χ0n) is 12.2. The van der Waals surface area contributed by atoms with E-state index in [9.17, 15) is 9.90 Å². The summed E-state index contributed by atoms with van der Waals surface area (Å²) >= 11 is 0. The van der Waals surface area contributed by atoms with E-state index in [0.717, 1.165) is 11.3 Å². The lowest BCUT2D eigenvalue weighted by Gasteiger charge is -2.26. The van der Waals surface area contributed by atoms with Crippen LogP contribution in [0.3, 0.4) is 0 Å². The van der Waals surface area contributed by atoms with E-state index in [2.05, 4.69) is 11.4 Å². The van der Waals surface area contributed by atoms with Crippen molar-refractivity contribution in [1.29, 1.82) is 5.26 Å². The third-order valence-electron chi connectivity index (χ3n) is 3.04. The Morgan fingerprint density at radius 2 is 2.20 bits per heavy atom. The van der Waals surface area contributed by atoms with Gasteiger partial charge in [0.25, 0.3) is 0 Å². The summed E-state index contributed by atoms with van der Waals surface area (Å²) in [6, 6.07) is 7.20. The minimum atomic E-state index is -0.652. The van der Waals surface area contributed by atoms with Gasteiger partial charge in [-0.3, -0.25) is 4.79 Å². The summed E-state index contributed by atoms with van der Waals surface area (Å²) in [5, 5.41) is 21.6. The Balaban J connectivity index is 3.12. The molecule has 1 amide bonds. The predicted molar refractivity (Wildman–Crippen MR) is 78.4 cm³/mol. The lowest BCUT2D eigenvalue weighted by Crippen LogP contribution is -2.37. The highest BCUT2D eigenvalue weighted by Crippen LogP contribution is 2.27. The lowest BCUT2D eigenvalue weighted by molar-refractivity contribution is -0.119. The molecule has 1 aromatic carbocycles. The van der Waals surface area contributed by atoms with Gasteiger partial charge in [0, 0.05) is 24.3 Å². The molecular weight excluding hydrogens is 254 g/mol. The van der Waals surface area contributed by atoms with Crippen LogP contribution in [0.5, 0.6) is 0 Å². The van der Waals surface area contributed by atoms with Crippen LogP contribution in [-0.4, -0.2) is 30.6 Å². The van der Waals surface area contributed by atoms with Crippen molar-refractivity contribution in [1.82, 2.24) is 5.32 Å². The number of hydrogen-bond donors (Lipinski definition) is 2. The normalized spacial score (nSPS) is 11.6. The minimum Gasteiger partial charge on any atom is -0.389 e. The second-order valence-corrected chi connectivity index (χ2v) is 4.53. The number of aliphatic hydroxyl groups is 1. The molecule has 2 N–H and O–H groups in total. The number of nitrogens with one attached hydrogen (secondary N) is 1. The van der Waals surface area contributed by atoms with E-state index in [1.807, 2.05) is 18.7 Å². The zero-order chi connectivity index (χ0) is 15.1. The molecule has 0 spiro atoms. The number of anilines is 1. The van der Waals surface area contributed by atoms with Crippen LogP contribution < -0.4 is 10.2 Å². The number of nitriles is 1. The summed E-state index contributed by atoms with van der Waals surface area (Å²) in [5.41, 5.74) is 1.96. The first-order chi connectivity index (χ1) is 9.53. The fourth-order valence-corrected chi connectivity index (χ4v) is 2.03. The van der Waals surface area contributed by atoms with E-state index in [0.29, 0.717) is 18.7 Å². The number of carbonyl (C=O) groups is 1. The van der Waals surface area contributed by atoms with Gasteiger partial charge in [-0.2, -0.15) is 5.26 Å². The maximum absolute atomic E-state index is 11.7. The Morgan fingerprint density at radius 1 is 1.50 bits per heavy atom. The van der Waals surface area contributed by atoms with Crippen molar-refractivity contribution in [3.8, 4) is 6.07 Å². The third kappa shape index (κ3) is 3.97.